The molecule has 0 saturated heterocycles. The Labute approximate surface area is 102 Å². The van der Waals surface area contributed by atoms with Crippen LogP contribution in [0.15, 0.2) is 30.5 Å². The molecule has 0 bridgehead atoms. The van der Waals surface area contributed by atoms with Crippen molar-refractivity contribution in [3.05, 3.63) is 36.0 Å². The third-order valence-electron chi connectivity index (χ3n) is 2.95. The van der Waals surface area contributed by atoms with Gasteiger partial charge in [0.1, 0.15) is 5.82 Å². The summed E-state index contributed by atoms with van der Waals surface area (Å²) >= 11 is 0. The number of pyridine rings is 1. The fourth-order valence-electron chi connectivity index (χ4n) is 2.11. The van der Waals surface area contributed by atoms with Crippen molar-refractivity contribution in [1.29, 1.82) is 0 Å². The van der Waals surface area contributed by atoms with Crippen LogP contribution in [-0.2, 0) is 6.61 Å². The molecule has 0 aliphatic rings. The SMILES string of the molecule is CCCN(C)c1ncc(CO)c2ccccc12. The van der Waals surface area contributed by atoms with Gasteiger partial charge in [-0.2, -0.15) is 0 Å². The van der Waals surface area contributed by atoms with Crippen LogP contribution in [-0.4, -0.2) is 23.7 Å². The number of aliphatic hydroxyl groups is 1. The van der Waals surface area contributed by atoms with E-state index in [0.717, 1.165) is 35.1 Å². The fraction of sp³-hybridized carbons (Fsp3) is 0.357. The first kappa shape index (κ1) is 11.9. The van der Waals surface area contributed by atoms with Crippen LogP contribution in [0.4, 0.5) is 5.82 Å². The molecule has 0 unspecified atom stereocenters. The topological polar surface area (TPSA) is 36.4 Å². The second-order valence-corrected chi connectivity index (χ2v) is 4.23. The van der Waals surface area contributed by atoms with Gasteiger partial charge in [-0.1, -0.05) is 31.2 Å². The second kappa shape index (κ2) is 5.15. The van der Waals surface area contributed by atoms with E-state index in [9.17, 15) is 5.11 Å². The van der Waals surface area contributed by atoms with E-state index in [0.29, 0.717) is 0 Å². The molecule has 0 aliphatic carbocycles. The highest BCUT2D eigenvalue weighted by molar-refractivity contribution is 5.94. The molecule has 3 nitrogen and oxygen atoms in total. The number of aromatic nitrogens is 1. The van der Waals surface area contributed by atoms with Gasteiger partial charge in [0.15, 0.2) is 0 Å². The molecule has 3 heteroatoms. The minimum absolute atomic E-state index is 0.0330. The predicted molar refractivity (Wildman–Crippen MR) is 71.2 cm³/mol. The van der Waals surface area contributed by atoms with Gasteiger partial charge in [-0.3, -0.25) is 0 Å². The van der Waals surface area contributed by atoms with E-state index in [1.165, 1.54) is 0 Å². The van der Waals surface area contributed by atoms with E-state index >= 15 is 0 Å². The molecule has 0 atom stereocenters. The molecule has 1 N–H and O–H groups in total. The van der Waals surface area contributed by atoms with Crippen LogP contribution in [0.3, 0.4) is 0 Å². The maximum absolute atomic E-state index is 9.31. The van der Waals surface area contributed by atoms with Gasteiger partial charge in [-0.05, 0) is 11.8 Å². The van der Waals surface area contributed by atoms with Crippen molar-refractivity contribution in [3.8, 4) is 0 Å². The van der Waals surface area contributed by atoms with Crippen molar-refractivity contribution in [2.45, 2.75) is 20.0 Å². The standard InChI is InChI=1S/C14H18N2O/c1-3-8-16(2)14-13-7-5-4-6-12(13)11(10-17)9-15-14/h4-7,9,17H,3,8,10H2,1-2H3. The molecule has 0 aliphatic heterocycles. The van der Waals surface area contributed by atoms with Gasteiger partial charge in [-0.25, -0.2) is 4.98 Å². The lowest BCUT2D eigenvalue weighted by atomic mass is 10.1. The van der Waals surface area contributed by atoms with Gasteiger partial charge in [0.05, 0.1) is 6.61 Å². The monoisotopic (exact) mass is 230 g/mol. The van der Waals surface area contributed by atoms with Gasteiger partial charge >= 0.3 is 0 Å². The molecule has 1 heterocycles. The van der Waals surface area contributed by atoms with Crippen molar-refractivity contribution < 1.29 is 5.11 Å². The Balaban J connectivity index is 2.58. The van der Waals surface area contributed by atoms with Crippen LogP contribution in [0, 0.1) is 0 Å². The summed E-state index contributed by atoms with van der Waals surface area (Å²) < 4.78 is 0. The molecule has 2 rings (SSSR count). The number of aliphatic hydroxyl groups excluding tert-OH is 1. The Hall–Kier alpha value is -1.61. The number of hydrogen-bond acceptors (Lipinski definition) is 3. The van der Waals surface area contributed by atoms with Crippen LogP contribution in [0.2, 0.25) is 0 Å². The molecule has 0 saturated carbocycles. The average molecular weight is 230 g/mol. The zero-order valence-corrected chi connectivity index (χ0v) is 10.3. The van der Waals surface area contributed by atoms with E-state index in [1.54, 1.807) is 6.20 Å². The minimum atomic E-state index is 0.0330. The smallest absolute Gasteiger partial charge is 0.136 e. The van der Waals surface area contributed by atoms with E-state index < -0.39 is 0 Å². The second-order valence-electron chi connectivity index (χ2n) is 4.23. The molecule has 0 fully saturated rings. The van der Waals surface area contributed by atoms with Gasteiger partial charge < -0.3 is 10.0 Å². The highest BCUT2D eigenvalue weighted by atomic mass is 16.3. The van der Waals surface area contributed by atoms with E-state index in [-0.39, 0.29) is 6.61 Å². The quantitative estimate of drug-likeness (QED) is 0.877. The minimum Gasteiger partial charge on any atom is -0.392 e. The van der Waals surface area contributed by atoms with E-state index in [1.807, 2.05) is 18.2 Å². The largest absolute Gasteiger partial charge is 0.392 e. The van der Waals surface area contributed by atoms with Gasteiger partial charge in [0.2, 0.25) is 0 Å². The normalized spacial score (nSPS) is 10.8. The Kier molecular flexibility index (Phi) is 3.59. The highest BCUT2D eigenvalue weighted by Crippen LogP contribution is 2.26. The van der Waals surface area contributed by atoms with E-state index in [2.05, 4.69) is 29.9 Å². The lowest BCUT2D eigenvalue weighted by Crippen LogP contribution is -2.19. The zero-order chi connectivity index (χ0) is 12.3. The summed E-state index contributed by atoms with van der Waals surface area (Å²) in [6.07, 6.45) is 2.86. The Morgan fingerprint density at radius 1 is 1.24 bits per heavy atom. The van der Waals surface area contributed by atoms with Crippen LogP contribution >= 0.6 is 0 Å². The van der Waals surface area contributed by atoms with Gasteiger partial charge in [0.25, 0.3) is 0 Å². The lowest BCUT2D eigenvalue weighted by Gasteiger charge is -2.19. The number of anilines is 1. The number of fused-ring (bicyclic) bond motifs is 1. The maximum atomic E-state index is 9.31. The Morgan fingerprint density at radius 3 is 2.59 bits per heavy atom. The molecule has 1 aromatic carbocycles. The Bertz CT molecular complexity index is 511. The van der Waals surface area contributed by atoms with Crippen molar-refractivity contribution >= 4 is 16.6 Å². The summed E-state index contributed by atoms with van der Waals surface area (Å²) in [5.74, 6) is 0.986. The molecular formula is C14H18N2O. The number of nitrogens with zero attached hydrogens (tertiary/aromatic N) is 2. The molecule has 90 valence electrons. The van der Waals surface area contributed by atoms with Crippen LogP contribution in [0.25, 0.3) is 10.8 Å². The van der Waals surface area contributed by atoms with Gasteiger partial charge in [0, 0.05) is 30.7 Å². The molecular weight excluding hydrogens is 212 g/mol. The van der Waals surface area contributed by atoms with Crippen molar-refractivity contribution in [3.63, 3.8) is 0 Å². The average Bonchev–Trinajstić information content (AvgIpc) is 2.37. The fourth-order valence-corrected chi connectivity index (χ4v) is 2.11. The lowest BCUT2D eigenvalue weighted by molar-refractivity contribution is 0.283. The highest BCUT2D eigenvalue weighted by Gasteiger charge is 2.09. The summed E-state index contributed by atoms with van der Waals surface area (Å²) in [5, 5.41) is 11.5. The molecule has 0 spiro atoms. The molecule has 17 heavy (non-hydrogen) atoms. The third-order valence-corrected chi connectivity index (χ3v) is 2.95. The number of rotatable bonds is 4. The number of hydrogen-bond donors (Lipinski definition) is 1. The summed E-state index contributed by atoms with van der Waals surface area (Å²) in [6, 6.07) is 8.09. The van der Waals surface area contributed by atoms with Crippen LogP contribution in [0.1, 0.15) is 18.9 Å². The first-order valence-electron chi connectivity index (χ1n) is 5.96. The zero-order valence-electron chi connectivity index (χ0n) is 10.3. The summed E-state index contributed by atoms with van der Waals surface area (Å²) in [7, 11) is 2.05. The first-order valence-corrected chi connectivity index (χ1v) is 5.96. The van der Waals surface area contributed by atoms with Gasteiger partial charge in [-0.15, -0.1) is 0 Å². The molecule has 0 radical (unpaired) electrons. The summed E-state index contributed by atoms with van der Waals surface area (Å²) in [5.41, 5.74) is 0.884. The van der Waals surface area contributed by atoms with Crippen LogP contribution < -0.4 is 4.90 Å². The van der Waals surface area contributed by atoms with E-state index in [4.69, 9.17) is 0 Å². The van der Waals surface area contributed by atoms with Crippen molar-refractivity contribution in [2.24, 2.45) is 0 Å². The molecule has 1 aromatic heterocycles. The predicted octanol–water partition coefficient (Wildman–Crippen LogP) is 2.57. The maximum Gasteiger partial charge on any atom is 0.136 e. The third kappa shape index (κ3) is 2.24. The molecule has 0 amide bonds. The Morgan fingerprint density at radius 2 is 1.94 bits per heavy atom. The first-order chi connectivity index (χ1) is 8.27. The van der Waals surface area contributed by atoms with Crippen LogP contribution in [0.5, 0.6) is 0 Å². The van der Waals surface area contributed by atoms with Crippen molar-refractivity contribution in [1.82, 2.24) is 4.98 Å². The summed E-state index contributed by atoms with van der Waals surface area (Å²) in [4.78, 5) is 6.62. The van der Waals surface area contributed by atoms with Crippen molar-refractivity contribution in [2.75, 3.05) is 18.5 Å². The summed E-state index contributed by atoms with van der Waals surface area (Å²) in [6.45, 7) is 3.17. The number of benzene rings is 1. The molecule has 2 aromatic rings.